The molecule has 0 radical (unpaired) electrons. The number of fused-ring (bicyclic) bond motifs is 1. The third-order valence-electron chi connectivity index (χ3n) is 2.07. The van der Waals surface area contributed by atoms with E-state index in [0.29, 0.717) is 0 Å². The molecule has 0 aromatic carbocycles. The second-order valence-electron chi connectivity index (χ2n) is 2.78. The number of rotatable bonds is 2. The minimum absolute atomic E-state index is 0.222. The lowest BCUT2D eigenvalue weighted by Crippen LogP contribution is -2.28. The molecule has 6 heteroatoms. The van der Waals surface area contributed by atoms with Crippen molar-refractivity contribution in [3.63, 3.8) is 0 Å². The van der Waals surface area contributed by atoms with E-state index >= 15 is 0 Å². The number of epoxide rings is 1. The van der Waals surface area contributed by atoms with Crippen LogP contribution in [0, 0.1) is 10.1 Å². The SMILES string of the molecule is O=CC12C=CC=C([N+](=O)[O-])C1(F)O2. The van der Waals surface area contributed by atoms with Crippen LogP contribution in [0.4, 0.5) is 4.39 Å². The largest absolute Gasteiger partial charge is 0.341 e. The summed E-state index contributed by atoms with van der Waals surface area (Å²) in [7, 11) is 0. The number of alkyl halides is 1. The monoisotopic (exact) mass is 185 g/mol. The van der Waals surface area contributed by atoms with E-state index in [2.05, 4.69) is 4.74 Å². The molecule has 1 fully saturated rings. The Morgan fingerprint density at radius 1 is 1.69 bits per heavy atom. The Morgan fingerprint density at radius 2 is 2.38 bits per heavy atom. The fraction of sp³-hybridized carbons (Fsp3) is 0.286. The number of ether oxygens (including phenoxy) is 1. The van der Waals surface area contributed by atoms with E-state index in [-0.39, 0.29) is 6.29 Å². The summed E-state index contributed by atoms with van der Waals surface area (Å²) in [5, 5.41) is 10.3. The Hall–Kier alpha value is -1.56. The molecule has 0 saturated carbocycles. The molecule has 1 saturated heterocycles. The first-order valence-electron chi connectivity index (χ1n) is 3.45. The van der Waals surface area contributed by atoms with E-state index < -0.39 is 22.1 Å². The maximum Gasteiger partial charge on any atom is 0.341 e. The molecule has 1 heterocycles. The summed E-state index contributed by atoms with van der Waals surface area (Å²) in [6, 6.07) is 0. The van der Waals surface area contributed by atoms with E-state index in [9.17, 15) is 19.3 Å². The van der Waals surface area contributed by atoms with Gasteiger partial charge in [-0.15, -0.1) is 0 Å². The van der Waals surface area contributed by atoms with E-state index in [4.69, 9.17) is 0 Å². The third-order valence-corrected chi connectivity index (χ3v) is 2.07. The van der Waals surface area contributed by atoms with Gasteiger partial charge in [0.15, 0.2) is 6.29 Å². The highest BCUT2D eigenvalue weighted by Crippen LogP contribution is 2.55. The second kappa shape index (κ2) is 2.02. The van der Waals surface area contributed by atoms with Gasteiger partial charge in [-0.3, -0.25) is 14.9 Å². The van der Waals surface area contributed by atoms with E-state index in [1.54, 1.807) is 0 Å². The van der Waals surface area contributed by atoms with Gasteiger partial charge in [-0.1, -0.05) is 6.08 Å². The Labute approximate surface area is 71.6 Å². The molecule has 2 aliphatic rings. The highest BCUT2D eigenvalue weighted by molar-refractivity contribution is 5.76. The zero-order valence-corrected chi connectivity index (χ0v) is 6.27. The Bertz CT molecular complexity index is 364. The number of aldehydes is 1. The van der Waals surface area contributed by atoms with Crippen LogP contribution in [0.1, 0.15) is 0 Å². The first-order valence-corrected chi connectivity index (χ1v) is 3.45. The summed E-state index contributed by atoms with van der Waals surface area (Å²) in [6.45, 7) is 0. The van der Waals surface area contributed by atoms with Crippen molar-refractivity contribution in [1.29, 1.82) is 0 Å². The van der Waals surface area contributed by atoms with Gasteiger partial charge in [-0.05, 0) is 6.08 Å². The molecule has 5 nitrogen and oxygen atoms in total. The Kier molecular flexibility index (Phi) is 1.25. The van der Waals surface area contributed by atoms with E-state index in [1.165, 1.54) is 6.08 Å². The van der Waals surface area contributed by atoms with Crippen LogP contribution in [0.15, 0.2) is 23.9 Å². The van der Waals surface area contributed by atoms with Crippen molar-refractivity contribution in [2.45, 2.75) is 11.5 Å². The highest BCUT2D eigenvalue weighted by Gasteiger charge is 2.79. The molecule has 2 unspecified atom stereocenters. The molecular formula is C7H4FNO4. The average Bonchev–Trinajstić information content (AvgIpc) is 2.70. The first kappa shape index (κ1) is 8.06. The zero-order chi connectivity index (χ0) is 9.69. The van der Waals surface area contributed by atoms with Gasteiger partial charge in [-0.25, -0.2) is 0 Å². The van der Waals surface area contributed by atoms with Crippen molar-refractivity contribution in [3.05, 3.63) is 34.0 Å². The summed E-state index contributed by atoms with van der Waals surface area (Å²) in [5.41, 5.74) is -2.49. The van der Waals surface area contributed by atoms with Crippen molar-refractivity contribution < 1.29 is 18.8 Å². The van der Waals surface area contributed by atoms with Gasteiger partial charge in [0, 0.05) is 6.08 Å². The van der Waals surface area contributed by atoms with Crippen LogP contribution in [0.25, 0.3) is 0 Å². The van der Waals surface area contributed by atoms with Crippen LogP contribution in [-0.2, 0) is 9.53 Å². The number of nitro groups is 1. The summed E-state index contributed by atoms with van der Waals surface area (Å²) in [6.07, 6.45) is 3.60. The number of halogens is 1. The standard InChI is InChI=1S/C7H4FNO4/c8-7-5(9(11)12)2-1-3-6(7,4-10)13-7/h1-4H. The molecule has 0 aromatic rings. The van der Waals surface area contributed by atoms with E-state index in [1.807, 2.05) is 0 Å². The fourth-order valence-electron chi connectivity index (χ4n) is 1.31. The van der Waals surface area contributed by atoms with Gasteiger partial charge in [0.1, 0.15) is 0 Å². The maximum atomic E-state index is 13.5. The Balaban J connectivity index is 2.45. The summed E-state index contributed by atoms with van der Waals surface area (Å²) >= 11 is 0. The van der Waals surface area contributed by atoms with Crippen LogP contribution in [0.3, 0.4) is 0 Å². The number of nitrogens with zero attached hydrogens (tertiary/aromatic N) is 1. The summed E-state index contributed by atoms with van der Waals surface area (Å²) in [4.78, 5) is 19.9. The highest BCUT2D eigenvalue weighted by atomic mass is 19.2. The lowest BCUT2D eigenvalue weighted by Gasteiger charge is -2.04. The van der Waals surface area contributed by atoms with Gasteiger partial charge in [0.2, 0.25) is 5.60 Å². The molecule has 0 amide bonds. The van der Waals surface area contributed by atoms with Crippen molar-refractivity contribution in [1.82, 2.24) is 0 Å². The van der Waals surface area contributed by atoms with Crippen molar-refractivity contribution >= 4 is 6.29 Å². The van der Waals surface area contributed by atoms with Crippen molar-refractivity contribution in [2.75, 3.05) is 0 Å². The predicted octanol–water partition coefficient (Wildman–Crippen LogP) is 0.350. The van der Waals surface area contributed by atoms with Crippen molar-refractivity contribution in [2.24, 2.45) is 0 Å². The number of allylic oxidation sites excluding steroid dienone is 2. The fourth-order valence-corrected chi connectivity index (χ4v) is 1.31. The molecule has 13 heavy (non-hydrogen) atoms. The predicted molar refractivity (Wildman–Crippen MR) is 37.9 cm³/mol. The van der Waals surface area contributed by atoms with Crippen molar-refractivity contribution in [3.8, 4) is 0 Å². The smallest absolute Gasteiger partial charge is 0.309 e. The molecule has 1 aliphatic carbocycles. The molecule has 0 N–H and O–H groups in total. The van der Waals surface area contributed by atoms with Crippen LogP contribution < -0.4 is 0 Å². The van der Waals surface area contributed by atoms with E-state index in [0.717, 1.165) is 12.2 Å². The van der Waals surface area contributed by atoms with Crippen LogP contribution in [0.5, 0.6) is 0 Å². The average molecular weight is 185 g/mol. The van der Waals surface area contributed by atoms with Gasteiger partial charge in [0.05, 0.1) is 4.92 Å². The first-order chi connectivity index (χ1) is 6.06. The number of carbonyl (C=O) groups is 1. The topological polar surface area (TPSA) is 72.7 Å². The molecule has 0 spiro atoms. The minimum atomic E-state index is -2.56. The summed E-state index contributed by atoms with van der Waals surface area (Å²) in [5.74, 6) is -2.56. The molecule has 0 aromatic heterocycles. The second-order valence-corrected chi connectivity index (χ2v) is 2.78. The lowest BCUT2D eigenvalue weighted by molar-refractivity contribution is -0.440. The quantitative estimate of drug-likeness (QED) is 0.269. The molecular weight excluding hydrogens is 181 g/mol. The maximum absolute atomic E-state index is 13.5. The van der Waals surface area contributed by atoms with Crippen LogP contribution in [-0.4, -0.2) is 22.7 Å². The molecule has 0 bridgehead atoms. The molecule has 1 aliphatic heterocycles. The van der Waals surface area contributed by atoms with Gasteiger partial charge in [-0.2, -0.15) is 4.39 Å². The summed E-state index contributed by atoms with van der Waals surface area (Å²) < 4.78 is 17.9. The molecule has 2 rings (SSSR count). The van der Waals surface area contributed by atoms with Gasteiger partial charge >= 0.3 is 11.6 Å². The molecule has 2 atom stereocenters. The number of hydrogen-bond acceptors (Lipinski definition) is 4. The number of carbonyl (C=O) groups excluding carboxylic acids is 1. The number of hydrogen-bond donors (Lipinski definition) is 0. The molecule has 68 valence electrons. The van der Waals surface area contributed by atoms with Gasteiger partial charge in [0.25, 0.3) is 0 Å². The minimum Gasteiger partial charge on any atom is -0.309 e. The third kappa shape index (κ3) is 0.752. The lowest BCUT2D eigenvalue weighted by atomic mass is 9.98. The van der Waals surface area contributed by atoms with Crippen LogP contribution in [0.2, 0.25) is 0 Å². The zero-order valence-electron chi connectivity index (χ0n) is 6.27. The normalized spacial score (nSPS) is 40.5. The Morgan fingerprint density at radius 3 is 2.92 bits per heavy atom. The van der Waals surface area contributed by atoms with Gasteiger partial charge < -0.3 is 4.74 Å². The van der Waals surface area contributed by atoms with Crippen LogP contribution >= 0.6 is 0 Å².